The van der Waals surface area contributed by atoms with Crippen LogP contribution < -0.4 is 26.0 Å². The number of nitriles is 1. The maximum absolute atomic E-state index is 14.9. The second-order valence-corrected chi connectivity index (χ2v) is 12.7. The lowest BCUT2D eigenvalue weighted by molar-refractivity contribution is -0.165. The van der Waals surface area contributed by atoms with Crippen LogP contribution in [0.5, 0.6) is 5.75 Å². The zero-order valence-electron chi connectivity index (χ0n) is 28.1. The second-order valence-electron chi connectivity index (χ2n) is 11.8. The third-order valence-corrected chi connectivity index (χ3v) is 8.15. The average molecular weight is 785 g/mol. The van der Waals surface area contributed by atoms with Gasteiger partial charge in [-0.2, -0.15) is 27.2 Å². The van der Waals surface area contributed by atoms with Crippen molar-refractivity contribution in [3.63, 3.8) is 0 Å². The van der Waals surface area contributed by atoms with Gasteiger partial charge in [-0.05, 0) is 59.5 Å². The van der Waals surface area contributed by atoms with Crippen LogP contribution in [-0.4, -0.2) is 67.2 Å². The molecule has 0 aliphatic carbocycles. The van der Waals surface area contributed by atoms with Crippen LogP contribution >= 0.6 is 23.2 Å². The number of carbonyl (C=O) groups excluding carboxylic acids is 5. The molecule has 0 spiro atoms. The molecule has 282 valence electrons. The number of Topliss-reactive ketones (excluding diaryl/α,β-unsaturated/α-hetero) is 1. The fraction of sp³-hybridized carbons (Fsp3) is 0.314. The number of methoxy groups -OCH3 is 1. The highest BCUT2D eigenvalue weighted by Gasteiger charge is 2.52. The summed E-state index contributed by atoms with van der Waals surface area (Å²) < 4.78 is 72.7. The van der Waals surface area contributed by atoms with E-state index < -0.39 is 72.1 Å². The summed E-state index contributed by atoms with van der Waals surface area (Å²) in [6.07, 6.45) is -5.31. The molecule has 0 aromatic heterocycles. The summed E-state index contributed by atoms with van der Waals surface area (Å²) in [7, 11) is 1.35. The first-order valence-electron chi connectivity index (χ1n) is 15.5. The van der Waals surface area contributed by atoms with Crippen LogP contribution in [0.1, 0.15) is 46.9 Å². The minimum atomic E-state index is -5.05. The van der Waals surface area contributed by atoms with Crippen molar-refractivity contribution in [1.82, 2.24) is 21.3 Å². The van der Waals surface area contributed by atoms with E-state index in [1.165, 1.54) is 87.7 Å². The topological polar surface area (TPSA) is 166 Å². The summed E-state index contributed by atoms with van der Waals surface area (Å²) in [5.74, 6) is -13.5. The third-order valence-electron chi connectivity index (χ3n) is 7.59. The molecule has 0 heterocycles. The van der Waals surface area contributed by atoms with Gasteiger partial charge in [-0.1, -0.05) is 61.3 Å². The first-order valence-corrected chi connectivity index (χ1v) is 16.3. The molecule has 0 aliphatic heterocycles. The number of carbonyl (C=O) groups is 5. The lowest BCUT2D eigenvalue weighted by Gasteiger charge is -2.28. The van der Waals surface area contributed by atoms with E-state index in [-0.39, 0.29) is 33.2 Å². The molecular formula is C35H32Cl2F5N5O6. The molecule has 53 heavy (non-hydrogen) atoms. The molecule has 4 N–H and O–H groups in total. The van der Waals surface area contributed by atoms with Crippen molar-refractivity contribution >= 4 is 52.6 Å². The maximum atomic E-state index is 14.9. The molecule has 3 unspecified atom stereocenters. The number of nitrogens with one attached hydrogen (secondary N) is 4. The number of hydrogen-bond acceptors (Lipinski definition) is 7. The molecular weight excluding hydrogens is 752 g/mol. The van der Waals surface area contributed by atoms with Gasteiger partial charge < -0.3 is 26.0 Å². The van der Waals surface area contributed by atoms with Gasteiger partial charge in [-0.3, -0.25) is 24.0 Å². The Morgan fingerprint density at radius 3 is 2.09 bits per heavy atom. The summed E-state index contributed by atoms with van der Waals surface area (Å²) in [5.41, 5.74) is 0.527. The van der Waals surface area contributed by atoms with Gasteiger partial charge in [-0.25, -0.2) is 0 Å². The van der Waals surface area contributed by atoms with Crippen molar-refractivity contribution in [3.8, 4) is 11.8 Å². The molecule has 18 heteroatoms. The molecule has 4 amide bonds. The van der Waals surface area contributed by atoms with Gasteiger partial charge in [0.15, 0.2) is 0 Å². The highest BCUT2D eigenvalue weighted by Crippen LogP contribution is 2.25. The summed E-state index contributed by atoms with van der Waals surface area (Å²) in [6, 6.07) is 12.1. The summed E-state index contributed by atoms with van der Waals surface area (Å²) in [6.45, 7) is 0.328. The first-order chi connectivity index (χ1) is 24.8. The van der Waals surface area contributed by atoms with Crippen LogP contribution in [0, 0.1) is 17.2 Å². The Labute approximate surface area is 310 Å². The number of alkyl halides is 5. The van der Waals surface area contributed by atoms with Gasteiger partial charge in [0.1, 0.15) is 30.4 Å². The molecule has 3 aromatic carbocycles. The Morgan fingerprint density at radius 1 is 0.868 bits per heavy atom. The minimum Gasteiger partial charge on any atom is -0.497 e. The van der Waals surface area contributed by atoms with E-state index in [4.69, 9.17) is 27.9 Å². The monoisotopic (exact) mass is 783 g/mol. The van der Waals surface area contributed by atoms with E-state index in [1.54, 1.807) is 0 Å². The van der Waals surface area contributed by atoms with Crippen LogP contribution in [0.4, 0.5) is 22.0 Å². The fourth-order valence-corrected chi connectivity index (χ4v) is 5.16. The summed E-state index contributed by atoms with van der Waals surface area (Å²) in [5, 5.41) is 17.9. The molecule has 0 saturated carbocycles. The predicted octanol–water partition coefficient (Wildman–Crippen LogP) is 5.10. The number of rotatable bonds is 15. The van der Waals surface area contributed by atoms with Crippen molar-refractivity contribution in [3.05, 3.63) is 99.0 Å². The standard InChI is InChI=1S/C35H32Cl2F5N5O6/c1-18(2)27(29(48)35(41,42)33(52)44-17-34(38,39)40)46-32(51)28(20-8-10-24(53-3)11-9-20)47-31(50)26(14-19-7-12-25(37)22(13-19)16-43)45-30(49)21-5-4-6-23(36)15-21/h4-13,15,18,26-28H,14,17H2,1-3H3,(H,44,52)(H,45,49)(H,46,51)(H,47,50). The van der Waals surface area contributed by atoms with E-state index in [2.05, 4.69) is 16.0 Å². The Morgan fingerprint density at radius 2 is 1.53 bits per heavy atom. The molecule has 0 aliphatic rings. The second kappa shape index (κ2) is 18.0. The van der Waals surface area contributed by atoms with Crippen LogP contribution in [0.15, 0.2) is 66.7 Å². The highest BCUT2D eigenvalue weighted by molar-refractivity contribution is 6.31. The highest BCUT2D eigenvalue weighted by atomic mass is 35.5. The molecule has 0 bridgehead atoms. The SMILES string of the molecule is COc1ccc(C(NC(=O)C(Cc2ccc(Cl)c(C#N)c2)NC(=O)c2cccc(Cl)c2)C(=O)NC(C(=O)C(F)(F)C(=O)NCC(F)(F)F)C(C)C)cc1. The zero-order chi connectivity index (χ0) is 39.7. The molecule has 3 rings (SSSR count). The zero-order valence-corrected chi connectivity index (χ0v) is 29.6. The van der Waals surface area contributed by atoms with Gasteiger partial charge in [0, 0.05) is 17.0 Å². The van der Waals surface area contributed by atoms with Crippen molar-refractivity contribution in [2.75, 3.05) is 13.7 Å². The first kappa shape index (κ1) is 42.1. The van der Waals surface area contributed by atoms with E-state index in [0.717, 1.165) is 5.32 Å². The van der Waals surface area contributed by atoms with Gasteiger partial charge in [-0.15, -0.1) is 0 Å². The lowest BCUT2D eigenvalue weighted by atomic mass is 9.94. The van der Waals surface area contributed by atoms with Gasteiger partial charge in [0.05, 0.1) is 23.7 Å². The number of benzene rings is 3. The van der Waals surface area contributed by atoms with Crippen molar-refractivity contribution in [2.45, 2.75) is 50.5 Å². The Balaban J connectivity index is 2.00. The van der Waals surface area contributed by atoms with Crippen LogP contribution in [-0.2, 0) is 25.6 Å². The quantitative estimate of drug-likeness (QED) is 0.123. The number of halogens is 7. The minimum absolute atomic E-state index is 0.0412. The van der Waals surface area contributed by atoms with Crippen molar-refractivity contribution < 1.29 is 50.7 Å². The smallest absolute Gasteiger partial charge is 0.405 e. The Bertz CT molecular complexity index is 1890. The maximum Gasteiger partial charge on any atom is 0.405 e. The molecule has 0 radical (unpaired) electrons. The number of ketones is 1. The number of hydrogen-bond donors (Lipinski definition) is 4. The van der Waals surface area contributed by atoms with E-state index in [9.17, 15) is 51.2 Å². The summed E-state index contributed by atoms with van der Waals surface area (Å²) in [4.78, 5) is 66.0. The Kier molecular flexibility index (Phi) is 14.3. The van der Waals surface area contributed by atoms with Crippen molar-refractivity contribution in [1.29, 1.82) is 5.26 Å². The molecule has 0 saturated heterocycles. The van der Waals surface area contributed by atoms with Gasteiger partial charge in [0.25, 0.3) is 11.8 Å². The van der Waals surface area contributed by atoms with Gasteiger partial charge >= 0.3 is 12.1 Å². The van der Waals surface area contributed by atoms with Crippen LogP contribution in [0.3, 0.4) is 0 Å². The lowest BCUT2D eigenvalue weighted by Crippen LogP contribution is -2.58. The number of ether oxygens (including phenoxy) is 1. The van der Waals surface area contributed by atoms with E-state index >= 15 is 0 Å². The molecule has 11 nitrogen and oxygen atoms in total. The third kappa shape index (κ3) is 11.6. The predicted molar refractivity (Wildman–Crippen MR) is 182 cm³/mol. The van der Waals surface area contributed by atoms with E-state index in [0.29, 0.717) is 11.3 Å². The molecule has 0 fully saturated rings. The van der Waals surface area contributed by atoms with Crippen LogP contribution in [0.25, 0.3) is 0 Å². The largest absolute Gasteiger partial charge is 0.497 e. The van der Waals surface area contributed by atoms with Gasteiger partial charge in [0.2, 0.25) is 17.6 Å². The summed E-state index contributed by atoms with van der Waals surface area (Å²) >= 11 is 12.1. The van der Waals surface area contributed by atoms with Crippen LogP contribution in [0.2, 0.25) is 10.0 Å². The average Bonchev–Trinajstić information content (AvgIpc) is 3.11. The van der Waals surface area contributed by atoms with Crippen molar-refractivity contribution in [2.24, 2.45) is 5.92 Å². The van der Waals surface area contributed by atoms with E-state index in [1.807, 2.05) is 6.07 Å². The number of amides is 4. The molecule has 3 atom stereocenters. The fourth-order valence-electron chi connectivity index (χ4n) is 4.81. The Hall–Kier alpha value is -5.27. The number of nitrogens with zero attached hydrogens (tertiary/aromatic N) is 1. The normalized spacial score (nSPS) is 13.2. The molecule has 3 aromatic rings.